The first kappa shape index (κ1) is 14.8. The van der Waals surface area contributed by atoms with E-state index in [2.05, 4.69) is 16.8 Å². The Morgan fingerprint density at radius 3 is 2.96 bits per heavy atom. The van der Waals surface area contributed by atoms with Crippen molar-refractivity contribution in [2.75, 3.05) is 26.7 Å². The van der Waals surface area contributed by atoms with E-state index in [1.807, 2.05) is 18.2 Å². The van der Waals surface area contributed by atoms with Gasteiger partial charge in [-0.1, -0.05) is 11.6 Å². The molecule has 5 nitrogen and oxygen atoms in total. The molecular formula is C17H20ClN3O2. The van der Waals surface area contributed by atoms with Crippen molar-refractivity contribution >= 4 is 28.6 Å². The number of likely N-dealkylation sites (N-methyl/N-ethyl adjacent to an activating group) is 1. The number of H-pyrrole nitrogens is 1. The summed E-state index contributed by atoms with van der Waals surface area (Å²) < 4.78 is 5.61. The second kappa shape index (κ2) is 5.14. The maximum atomic E-state index is 11.7. The Kier molecular flexibility index (Phi) is 3.32. The quantitative estimate of drug-likeness (QED) is 0.918. The average molecular weight is 334 g/mol. The van der Waals surface area contributed by atoms with Crippen molar-refractivity contribution in [3.8, 4) is 0 Å². The van der Waals surface area contributed by atoms with Crippen LogP contribution in [0.4, 0.5) is 4.79 Å². The molecule has 2 saturated heterocycles. The standard InChI is InChI=1S/C17H20ClN3O2/c1-11-13-7-12(18)3-4-14(13)19-15(11)8-21-6-5-17(10-21)9-20(2)16(22)23-17/h3-4,7,19H,5-6,8-10H2,1-2H3/t17-/m0/s1. The maximum absolute atomic E-state index is 11.7. The van der Waals surface area contributed by atoms with E-state index in [-0.39, 0.29) is 11.7 Å². The Morgan fingerprint density at radius 2 is 2.22 bits per heavy atom. The molecule has 1 aromatic carbocycles. The lowest BCUT2D eigenvalue weighted by Crippen LogP contribution is -2.37. The van der Waals surface area contributed by atoms with Gasteiger partial charge in [-0.15, -0.1) is 0 Å². The van der Waals surface area contributed by atoms with Crippen molar-refractivity contribution in [2.24, 2.45) is 0 Å². The van der Waals surface area contributed by atoms with Gasteiger partial charge in [0.2, 0.25) is 0 Å². The van der Waals surface area contributed by atoms with Crippen LogP contribution in [0.25, 0.3) is 10.9 Å². The Labute approximate surface area is 140 Å². The summed E-state index contributed by atoms with van der Waals surface area (Å²) in [6.45, 7) is 5.37. The highest BCUT2D eigenvalue weighted by Crippen LogP contribution is 2.33. The van der Waals surface area contributed by atoms with E-state index >= 15 is 0 Å². The molecule has 6 heteroatoms. The lowest BCUT2D eigenvalue weighted by molar-refractivity contribution is 0.0626. The Balaban J connectivity index is 1.53. The van der Waals surface area contributed by atoms with Gasteiger partial charge in [-0.3, -0.25) is 4.90 Å². The number of ether oxygens (including phenoxy) is 1. The second-order valence-corrected chi connectivity index (χ2v) is 7.22. The number of aromatic amines is 1. The van der Waals surface area contributed by atoms with Gasteiger partial charge in [-0.2, -0.15) is 0 Å². The van der Waals surface area contributed by atoms with Crippen LogP contribution in [0.1, 0.15) is 17.7 Å². The second-order valence-electron chi connectivity index (χ2n) is 6.79. The first-order valence-electron chi connectivity index (χ1n) is 7.89. The molecule has 1 atom stereocenters. The SMILES string of the molecule is Cc1c(CN2CC[C@@]3(C2)CN(C)C(=O)O3)[nH]c2ccc(Cl)cc12. The largest absolute Gasteiger partial charge is 0.439 e. The summed E-state index contributed by atoms with van der Waals surface area (Å²) in [6.07, 6.45) is 0.692. The summed E-state index contributed by atoms with van der Waals surface area (Å²) in [5, 5.41) is 1.93. The summed E-state index contributed by atoms with van der Waals surface area (Å²) in [5.74, 6) is 0. The topological polar surface area (TPSA) is 48.6 Å². The third-order valence-electron chi connectivity index (χ3n) is 5.04. The number of halogens is 1. The minimum absolute atomic E-state index is 0.205. The van der Waals surface area contributed by atoms with Crippen LogP contribution in [-0.4, -0.2) is 53.2 Å². The van der Waals surface area contributed by atoms with Gasteiger partial charge in [0.15, 0.2) is 0 Å². The molecule has 1 aromatic heterocycles. The number of nitrogens with one attached hydrogen (secondary N) is 1. The van der Waals surface area contributed by atoms with Crippen molar-refractivity contribution in [1.82, 2.24) is 14.8 Å². The fraction of sp³-hybridized carbons (Fsp3) is 0.471. The fourth-order valence-electron chi connectivity index (χ4n) is 3.80. The number of aromatic nitrogens is 1. The van der Waals surface area contributed by atoms with Gasteiger partial charge in [-0.25, -0.2) is 4.79 Å². The van der Waals surface area contributed by atoms with Crippen LogP contribution in [0.5, 0.6) is 0 Å². The molecule has 0 saturated carbocycles. The van der Waals surface area contributed by atoms with E-state index in [4.69, 9.17) is 16.3 Å². The third kappa shape index (κ3) is 2.48. The molecule has 1 N–H and O–H groups in total. The zero-order valence-corrected chi connectivity index (χ0v) is 14.1. The molecule has 122 valence electrons. The number of carbonyl (C=O) groups is 1. The molecule has 4 rings (SSSR count). The van der Waals surface area contributed by atoms with Gasteiger partial charge in [0, 0.05) is 54.7 Å². The monoisotopic (exact) mass is 333 g/mol. The van der Waals surface area contributed by atoms with Crippen LogP contribution in [-0.2, 0) is 11.3 Å². The van der Waals surface area contributed by atoms with E-state index in [0.29, 0.717) is 6.54 Å². The van der Waals surface area contributed by atoms with E-state index in [9.17, 15) is 4.79 Å². The number of likely N-dealkylation sites (tertiary alicyclic amines) is 1. The lowest BCUT2D eigenvalue weighted by Gasteiger charge is -2.21. The number of aryl methyl sites for hydroxylation is 1. The Hall–Kier alpha value is -1.72. The number of carbonyl (C=O) groups excluding carboxylic acids is 1. The third-order valence-corrected chi connectivity index (χ3v) is 5.28. The highest BCUT2D eigenvalue weighted by atomic mass is 35.5. The maximum Gasteiger partial charge on any atom is 0.410 e. The number of nitrogens with zero attached hydrogens (tertiary/aromatic N) is 2. The van der Waals surface area contributed by atoms with Crippen LogP contribution >= 0.6 is 11.6 Å². The Bertz CT molecular complexity index is 787. The Morgan fingerprint density at radius 1 is 1.39 bits per heavy atom. The average Bonchev–Trinajstić information content (AvgIpc) is 3.11. The number of hydrogen-bond donors (Lipinski definition) is 1. The zero-order valence-electron chi connectivity index (χ0n) is 13.4. The number of rotatable bonds is 2. The van der Waals surface area contributed by atoms with Crippen LogP contribution in [0.15, 0.2) is 18.2 Å². The first-order chi connectivity index (χ1) is 11.0. The van der Waals surface area contributed by atoms with Gasteiger partial charge in [0.05, 0.1) is 6.54 Å². The molecule has 2 aromatic rings. The number of hydrogen-bond acceptors (Lipinski definition) is 3. The van der Waals surface area contributed by atoms with E-state index in [1.165, 1.54) is 16.6 Å². The fourth-order valence-corrected chi connectivity index (χ4v) is 3.98. The number of amides is 1. The van der Waals surface area contributed by atoms with Crippen molar-refractivity contribution in [1.29, 1.82) is 0 Å². The van der Waals surface area contributed by atoms with Gasteiger partial charge < -0.3 is 14.6 Å². The summed E-state index contributed by atoms with van der Waals surface area (Å²) in [7, 11) is 1.80. The highest BCUT2D eigenvalue weighted by molar-refractivity contribution is 6.31. The normalized spacial score (nSPS) is 25.0. The molecule has 2 aliphatic rings. The summed E-state index contributed by atoms with van der Waals surface area (Å²) in [5.41, 5.74) is 3.23. The van der Waals surface area contributed by atoms with Crippen molar-refractivity contribution in [2.45, 2.75) is 25.5 Å². The van der Waals surface area contributed by atoms with E-state index < -0.39 is 0 Å². The molecule has 1 amide bonds. The van der Waals surface area contributed by atoms with Crippen LogP contribution < -0.4 is 0 Å². The molecule has 1 spiro atoms. The first-order valence-corrected chi connectivity index (χ1v) is 8.27. The molecule has 0 radical (unpaired) electrons. The smallest absolute Gasteiger partial charge is 0.410 e. The summed E-state index contributed by atoms with van der Waals surface area (Å²) in [4.78, 5) is 19.2. The van der Waals surface area contributed by atoms with Crippen LogP contribution in [0.3, 0.4) is 0 Å². The summed E-state index contributed by atoms with van der Waals surface area (Å²) in [6, 6.07) is 5.93. The molecule has 0 unspecified atom stereocenters. The van der Waals surface area contributed by atoms with Crippen LogP contribution in [0.2, 0.25) is 5.02 Å². The molecule has 3 heterocycles. The lowest BCUT2D eigenvalue weighted by atomic mass is 10.0. The minimum Gasteiger partial charge on any atom is -0.439 e. The van der Waals surface area contributed by atoms with E-state index in [0.717, 1.165) is 36.6 Å². The number of benzene rings is 1. The molecular weight excluding hydrogens is 314 g/mol. The number of fused-ring (bicyclic) bond motifs is 1. The van der Waals surface area contributed by atoms with Gasteiger partial charge in [0.1, 0.15) is 5.60 Å². The van der Waals surface area contributed by atoms with Crippen molar-refractivity contribution in [3.05, 3.63) is 34.5 Å². The highest BCUT2D eigenvalue weighted by Gasteiger charge is 2.48. The van der Waals surface area contributed by atoms with Gasteiger partial charge in [-0.05, 0) is 30.7 Å². The minimum atomic E-state index is -0.324. The van der Waals surface area contributed by atoms with Gasteiger partial charge >= 0.3 is 6.09 Å². The predicted molar refractivity (Wildman–Crippen MR) is 89.8 cm³/mol. The molecule has 2 fully saturated rings. The van der Waals surface area contributed by atoms with Crippen LogP contribution in [0, 0.1) is 6.92 Å². The van der Waals surface area contributed by atoms with Crippen molar-refractivity contribution in [3.63, 3.8) is 0 Å². The van der Waals surface area contributed by atoms with E-state index in [1.54, 1.807) is 11.9 Å². The van der Waals surface area contributed by atoms with Gasteiger partial charge in [0.25, 0.3) is 0 Å². The molecule has 0 bridgehead atoms. The van der Waals surface area contributed by atoms with Crippen molar-refractivity contribution < 1.29 is 9.53 Å². The zero-order chi connectivity index (χ0) is 16.2. The summed E-state index contributed by atoms with van der Waals surface area (Å²) >= 11 is 6.10. The molecule has 2 aliphatic heterocycles. The molecule has 0 aliphatic carbocycles. The molecule has 23 heavy (non-hydrogen) atoms. The predicted octanol–water partition coefficient (Wildman–Crippen LogP) is 3.16.